The van der Waals surface area contributed by atoms with Gasteiger partial charge in [0.25, 0.3) is 0 Å². The van der Waals surface area contributed by atoms with Crippen molar-refractivity contribution < 1.29 is 13.2 Å². The number of rotatable bonds is 7. The van der Waals surface area contributed by atoms with Crippen molar-refractivity contribution in [2.24, 2.45) is 0 Å². The van der Waals surface area contributed by atoms with E-state index in [4.69, 9.17) is 0 Å². The minimum absolute atomic E-state index is 0.0313. The molecule has 0 spiro atoms. The van der Waals surface area contributed by atoms with E-state index in [-0.39, 0.29) is 29.9 Å². The fourth-order valence-electron chi connectivity index (χ4n) is 4.51. The second-order valence-corrected chi connectivity index (χ2v) is 11.8. The van der Waals surface area contributed by atoms with Crippen LogP contribution >= 0.6 is 15.9 Å². The maximum atomic E-state index is 13.8. The highest BCUT2D eigenvalue weighted by molar-refractivity contribution is 9.10. The number of halogens is 1. The van der Waals surface area contributed by atoms with E-state index in [9.17, 15) is 13.2 Å². The van der Waals surface area contributed by atoms with Gasteiger partial charge in [-0.15, -0.1) is 0 Å². The second kappa shape index (κ2) is 10.0. The third-order valence-electron chi connectivity index (χ3n) is 6.29. The molecule has 1 amide bonds. The lowest BCUT2D eigenvalue weighted by Crippen LogP contribution is -2.45. The third kappa shape index (κ3) is 5.11. The Labute approximate surface area is 210 Å². The molecule has 0 aliphatic carbocycles. The minimum Gasteiger partial charge on any atom is -0.308 e. The van der Waals surface area contributed by atoms with Crippen LogP contribution in [0.5, 0.6) is 0 Å². The molecule has 1 aliphatic heterocycles. The molecular weight excluding hydrogens is 512 g/mol. The van der Waals surface area contributed by atoms with Gasteiger partial charge in [-0.3, -0.25) is 4.79 Å². The van der Waals surface area contributed by atoms with Crippen molar-refractivity contribution >= 4 is 37.5 Å². The Kier molecular flexibility index (Phi) is 7.26. The highest BCUT2D eigenvalue weighted by atomic mass is 79.9. The van der Waals surface area contributed by atoms with Crippen LogP contribution in [-0.4, -0.2) is 37.8 Å². The Bertz CT molecular complexity index is 1310. The quantitative estimate of drug-likeness (QED) is 0.409. The monoisotopic (exact) mass is 540 g/mol. The van der Waals surface area contributed by atoms with Crippen molar-refractivity contribution in [1.29, 1.82) is 0 Å². The van der Waals surface area contributed by atoms with Crippen molar-refractivity contribution in [3.05, 3.63) is 93.5 Å². The number of fused-ring (bicyclic) bond motifs is 1. The molecule has 178 valence electrons. The SMILES string of the molecule is Cc1ccc(C)c(S(=O)(=O)N(CCc2ccccc2)CC(=O)N2c3ccc(Br)cc3C[C@@H]2C)c1. The number of benzene rings is 3. The molecule has 1 heterocycles. The molecule has 0 radical (unpaired) electrons. The summed E-state index contributed by atoms with van der Waals surface area (Å²) in [6.07, 6.45) is 1.27. The predicted molar refractivity (Wildman–Crippen MR) is 140 cm³/mol. The average molecular weight is 542 g/mol. The molecule has 0 N–H and O–H groups in total. The van der Waals surface area contributed by atoms with E-state index in [1.165, 1.54) is 4.31 Å². The molecule has 0 saturated heterocycles. The molecule has 0 unspecified atom stereocenters. The van der Waals surface area contributed by atoms with Gasteiger partial charge >= 0.3 is 0 Å². The third-order valence-corrected chi connectivity index (χ3v) is 8.77. The standard InChI is InChI=1S/C27H29BrN2O3S/c1-19-9-10-20(2)26(15-19)34(32,33)29(14-13-22-7-5-4-6-8-22)18-27(31)30-21(3)16-23-17-24(28)11-12-25(23)30/h4-12,15,17,21H,13-14,16,18H2,1-3H3/t21-/m0/s1. The number of anilines is 1. The van der Waals surface area contributed by atoms with Crippen molar-refractivity contribution in [1.82, 2.24) is 4.31 Å². The fourth-order valence-corrected chi connectivity index (χ4v) is 6.62. The number of nitrogens with zero attached hydrogens (tertiary/aromatic N) is 2. The molecular formula is C27H29BrN2O3S. The number of amides is 1. The number of carbonyl (C=O) groups excluding carboxylic acids is 1. The van der Waals surface area contributed by atoms with Crippen LogP contribution in [0.15, 0.2) is 76.1 Å². The maximum absolute atomic E-state index is 13.8. The zero-order valence-electron chi connectivity index (χ0n) is 19.7. The van der Waals surface area contributed by atoms with Gasteiger partial charge in [0.05, 0.1) is 11.4 Å². The number of aryl methyl sites for hydroxylation is 2. The van der Waals surface area contributed by atoms with Gasteiger partial charge in [0, 0.05) is 22.7 Å². The summed E-state index contributed by atoms with van der Waals surface area (Å²) in [5.74, 6) is -0.212. The fraction of sp³-hybridized carbons (Fsp3) is 0.296. The van der Waals surface area contributed by atoms with Crippen molar-refractivity contribution in [2.45, 2.75) is 44.6 Å². The first-order chi connectivity index (χ1) is 16.2. The van der Waals surface area contributed by atoms with Crippen molar-refractivity contribution in [2.75, 3.05) is 18.0 Å². The first kappa shape index (κ1) is 24.6. The van der Waals surface area contributed by atoms with Gasteiger partial charge in [-0.05, 0) is 80.1 Å². The van der Waals surface area contributed by atoms with Gasteiger partial charge in [0.15, 0.2) is 0 Å². The lowest BCUT2D eigenvalue weighted by molar-refractivity contribution is -0.119. The van der Waals surface area contributed by atoms with Crippen LogP contribution in [0, 0.1) is 13.8 Å². The molecule has 34 heavy (non-hydrogen) atoms. The zero-order chi connectivity index (χ0) is 24.5. The van der Waals surface area contributed by atoms with Gasteiger partial charge in [0.1, 0.15) is 0 Å². The van der Waals surface area contributed by atoms with E-state index in [1.54, 1.807) is 17.9 Å². The lowest BCUT2D eigenvalue weighted by atomic mass is 10.1. The summed E-state index contributed by atoms with van der Waals surface area (Å²) in [7, 11) is -3.87. The largest absolute Gasteiger partial charge is 0.308 e. The van der Waals surface area contributed by atoms with E-state index in [0.717, 1.165) is 33.3 Å². The molecule has 1 aliphatic rings. The summed E-state index contributed by atoms with van der Waals surface area (Å²) in [6.45, 7) is 5.68. The van der Waals surface area contributed by atoms with Crippen LogP contribution in [0.4, 0.5) is 5.69 Å². The summed E-state index contributed by atoms with van der Waals surface area (Å²) >= 11 is 3.50. The van der Waals surface area contributed by atoms with Gasteiger partial charge in [-0.25, -0.2) is 8.42 Å². The Morgan fingerprint density at radius 2 is 1.79 bits per heavy atom. The number of hydrogen-bond acceptors (Lipinski definition) is 3. The smallest absolute Gasteiger partial charge is 0.243 e. The summed E-state index contributed by atoms with van der Waals surface area (Å²) in [5.41, 5.74) is 4.51. The van der Waals surface area contributed by atoms with E-state index >= 15 is 0 Å². The lowest BCUT2D eigenvalue weighted by Gasteiger charge is -2.28. The topological polar surface area (TPSA) is 57.7 Å². The molecule has 4 rings (SSSR count). The maximum Gasteiger partial charge on any atom is 0.243 e. The van der Waals surface area contributed by atoms with Gasteiger partial charge < -0.3 is 4.90 Å². The van der Waals surface area contributed by atoms with Gasteiger partial charge in [-0.2, -0.15) is 4.31 Å². The van der Waals surface area contributed by atoms with Gasteiger partial charge in [0.2, 0.25) is 15.9 Å². The Balaban J connectivity index is 1.66. The number of hydrogen-bond donors (Lipinski definition) is 0. The predicted octanol–water partition coefficient (Wildman–Crippen LogP) is 5.28. The van der Waals surface area contributed by atoms with Crippen LogP contribution in [-0.2, 0) is 27.7 Å². The zero-order valence-corrected chi connectivity index (χ0v) is 22.1. The average Bonchev–Trinajstić information content (AvgIpc) is 3.13. The van der Waals surface area contributed by atoms with Crippen LogP contribution in [0.2, 0.25) is 0 Å². The van der Waals surface area contributed by atoms with E-state index < -0.39 is 10.0 Å². The van der Waals surface area contributed by atoms with Crippen LogP contribution in [0.1, 0.15) is 29.2 Å². The number of sulfonamides is 1. The Morgan fingerprint density at radius 3 is 2.53 bits per heavy atom. The molecule has 0 fully saturated rings. The van der Waals surface area contributed by atoms with Crippen molar-refractivity contribution in [3.8, 4) is 0 Å². The molecule has 7 heteroatoms. The second-order valence-electron chi connectivity index (χ2n) is 8.93. The molecule has 3 aromatic rings. The Morgan fingerprint density at radius 1 is 1.06 bits per heavy atom. The highest BCUT2D eigenvalue weighted by Crippen LogP contribution is 2.34. The minimum atomic E-state index is -3.87. The van der Waals surface area contributed by atoms with E-state index in [2.05, 4.69) is 15.9 Å². The van der Waals surface area contributed by atoms with Crippen molar-refractivity contribution in [3.63, 3.8) is 0 Å². The molecule has 1 atom stereocenters. The summed E-state index contributed by atoms with van der Waals surface area (Å²) < 4.78 is 29.9. The first-order valence-electron chi connectivity index (χ1n) is 11.4. The number of carbonyl (C=O) groups is 1. The molecule has 0 aromatic heterocycles. The highest BCUT2D eigenvalue weighted by Gasteiger charge is 2.35. The summed E-state index contributed by atoms with van der Waals surface area (Å²) in [4.78, 5) is 15.6. The molecule has 0 bridgehead atoms. The molecule has 3 aromatic carbocycles. The van der Waals surface area contributed by atoms with Crippen LogP contribution in [0.3, 0.4) is 0 Å². The van der Waals surface area contributed by atoms with Crippen LogP contribution in [0.25, 0.3) is 0 Å². The van der Waals surface area contributed by atoms with E-state index in [0.29, 0.717) is 12.0 Å². The van der Waals surface area contributed by atoms with E-state index in [1.807, 2.05) is 74.5 Å². The normalized spacial score (nSPS) is 15.6. The molecule has 0 saturated carbocycles. The summed E-state index contributed by atoms with van der Waals surface area (Å²) in [6, 6.07) is 21.0. The molecule has 5 nitrogen and oxygen atoms in total. The van der Waals surface area contributed by atoms with Gasteiger partial charge in [-0.1, -0.05) is 58.4 Å². The first-order valence-corrected chi connectivity index (χ1v) is 13.6. The van der Waals surface area contributed by atoms with Crippen LogP contribution < -0.4 is 4.90 Å². The summed E-state index contributed by atoms with van der Waals surface area (Å²) in [5, 5.41) is 0. The Hall–Kier alpha value is -2.48.